The van der Waals surface area contributed by atoms with Crippen LogP contribution in [0.2, 0.25) is 0 Å². The summed E-state index contributed by atoms with van der Waals surface area (Å²) in [5, 5.41) is 3.27. The van der Waals surface area contributed by atoms with Gasteiger partial charge in [-0.2, -0.15) is 17.4 Å². The molecule has 0 radical (unpaired) electrons. The van der Waals surface area contributed by atoms with E-state index in [4.69, 9.17) is 4.74 Å². The Morgan fingerprint density at radius 3 is 2.85 bits per heavy atom. The van der Waals surface area contributed by atoms with Gasteiger partial charge >= 0.3 is 0 Å². The highest BCUT2D eigenvalue weighted by atomic mass is 32.2. The first-order valence-corrected chi connectivity index (χ1v) is 7.98. The number of benzene rings is 1. The van der Waals surface area contributed by atoms with Crippen molar-refractivity contribution < 1.29 is 13.2 Å². The Balaban J connectivity index is 1.94. The Bertz CT molecular complexity index is 560. The van der Waals surface area contributed by atoms with Crippen molar-refractivity contribution in [2.45, 2.75) is 19.6 Å². The molecule has 7 heteroatoms. The van der Waals surface area contributed by atoms with Crippen molar-refractivity contribution in [2.24, 2.45) is 0 Å². The van der Waals surface area contributed by atoms with Gasteiger partial charge < -0.3 is 10.1 Å². The molecule has 0 unspecified atom stereocenters. The Hall–Kier alpha value is -0.990. The number of methoxy groups -OCH3 is 1. The highest BCUT2D eigenvalue weighted by Crippen LogP contribution is 2.17. The van der Waals surface area contributed by atoms with Crippen LogP contribution in [-0.2, 0) is 34.6 Å². The Labute approximate surface area is 120 Å². The molecule has 20 heavy (non-hydrogen) atoms. The summed E-state index contributed by atoms with van der Waals surface area (Å²) >= 11 is 0. The lowest BCUT2D eigenvalue weighted by molar-refractivity contribution is 0.184. The first kappa shape index (κ1) is 15.4. The molecule has 0 bridgehead atoms. The van der Waals surface area contributed by atoms with Gasteiger partial charge in [-0.15, -0.1) is 0 Å². The summed E-state index contributed by atoms with van der Waals surface area (Å²) in [7, 11) is -0.373. The van der Waals surface area contributed by atoms with Crippen LogP contribution in [0.4, 0.5) is 0 Å². The molecule has 1 heterocycles. The fraction of sp³-hybridized carbons (Fsp3) is 0.538. The van der Waals surface area contributed by atoms with E-state index in [1.807, 2.05) is 18.2 Å². The average molecular weight is 299 g/mol. The zero-order valence-corrected chi connectivity index (χ0v) is 12.7. The summed E-state index contributed by atoms with van der Waals surface area (Å²) < 4.78 is 32.7. The number of likely N-dealkylation sites (N-methyl/N-ethyl adjacent to an activating group) is 1. The lowest BCUT2D eigenvalue weighted by Gasteiger charge is -2.17. The maximum atomic E-state index is 12.0. The van der Waals surface area contributed by atoms with Crippen LogP contribution in [0.5, 0.6) is 0 Å². The van der Waals surface area contributed by atoms with Gasteiger partial charge in [0.1, 0.15) is 0 Å². The molecule has 1 aromatic rings. The zero-order valence-electron chi connectivity index (χ0n) is 11.8. The minimum Gasteiger partial charge on any atom is -0.383 e. The topological polar surface area (TPSA) is 70.7 Å². The van der Waals surface area contributed by atoms with Crippen molar-refractivity contribution in [1.82, 2.24) is 14.3 Å². The van der Waals surface area contributed by atoms with Crippen LogP contribution >= 0.6 is 0 Å². The van der Waals surface area contributed by atoms with Gasteiger partial charge in [0.15, 0.2) is 0 Å². The Morgan fingerprint density at radius 2 is 2.10 bits per heavy atom. The molecule has 0 fully saturated rings. The predicted octanol–water partition coefficient (Wildman–Crippen LogP) is 0.202. The molecule has 0 saturated heterocycles. The molecule has 0 saturated carbocycles. The van der Waals surface area contributed by atoms with Gasteiger partial charge in [0.2, 0.25) is 0 Å². The fourth-order valence-electron chi connectivity index (χ4n) is 2.08. The molecule has 1 aliphatic rings. The van der Waals surface area contributed by atoms with Gasteiger partial charge in [-0.3, -0.25) is 0 Å². The maximum absolute atomic E-state index is 12.0. The van der Waals surface area contributed by atoms with E-state index in [-0.39, 0.29) is 0 Å². The largest absolute Gasteiger partial charge is 0.383 e. The number of hydrogen-bond donors (Lipinski definition) is 2. The van der Waals surface area contributed by atoms with E-state index >= 15 is 0 Å². The molecule has 0 aliphatic carbocycles. The summed E-state index contributed by atoms with van der Waals surface area (Å²) in [4.78, 5) is 0. The van der Waals surface area contributed by atoms with Crippen molar-refractivity contribution in [3.8, 4) is 0 Å². The Kier molecular flexibility index (Phi) is 5.11. The molecule has 0 amide bonds. The van der Waals surface area contributed by atoms with E-state index in [0.29, 0.717) is 19.7 Å². The van der Waals surface area contributed by atoms with Crippen molar-refractivity contribution in [1.29, 1.82) is 0 Å². The number of rotatable bonds is 7. The van der Waals surface area contributed by atoms with Gasteiger partial charge in [0, 0.05) is 40.3 Å². The van der Waals surface area contributed by atoms with Crippen molar-refractivity contribution in [3.63, 3.8) is 0 Å². The van der Waals surface area contributed by atoms with Gasteiger partial charge in [-0.25, -0.2) is 0 Å². The molecule has 0 atom stereocenters. The molecule has 2 rings (SSSR count). The monoisotopic (exact) mass is 299 g/mol. The van der Waals surface area contributed by atoms with Crippen LogP contribution < -0.4 is 10.0 Å². The summed E-state index contributed by atoms with van der Waals surface area (Å²) in [6.07, 6.45) is 0. The Morgan fingerprint density at radius 1 is 1.35 bits per heavy atom. The smallest absolute Gasteiger partial charge is 0.279 e. The van der Waals surface area contributed by atoms with E-state index in [9.17, 15) is 8.42 Å². The molecule has 0 spiro atoms. The molecule has 1 aliphatic heterocycles. The minimum absolute atomic E-state index is 0.299. The molecule has 2 N–H and O–H groups in total. The van der Waals surface area contributed by atoms with Crippen LogP contribution in [0.25, 0.3) is 0 Å². The van der Waals surface area contributed by atoms with Crippen molar-refractivity contribution in [3.05, 3.63) is 34.9 Å². The van der Waals surface area contributed by atoms with E-state index < -0.39 is 10.2 Å². The normalized spacial score (nSPS) is 14.8. The van der Waals surface area contributed by atoms with Gasteiger partial charge in [-0.05, 0) is 16.7 Å². The summed E-state index contributed by atoms with van der Waals surface area (Å²) in [5.41, 5.74) is 3.50. The SMILES string of the molecule is COCCN(C)S(=O)(=O)NCc1ccc2c(c1)CNC2. The van der Waals surface area contributed by atoms with E-state index in [1.54, 1.807) is 7.11 Å². The van der Waals surface area contributed by atoms with Gasteiger partial charge in [-0.1, -0.05) is 18.2 Å². The van der Waals surface area contributed by atoms with Crippen LogP contribution in [0.1, 0.15) is 16.7 Å². The highest BCUT2D eigenvalue weighted by Gasteiger charge is 2.17. The second-order valence-electron chi connectivity index (χ2n) is 4.85. The number of ether oxygens (including phenoxy) is 1. The van der Waals surface area contributed by atoms with Gasteiger partial charge in [0.05, 0.1) is 6.61 Å². The zero-order chi connectivity index (χ0) is 14.6. The lowest BCUT2D eigenvalue weighted by Crippen LogP contribution is -2.39. The van der Waals surface area contributed by atoms with Crippen LogP contribution in [-0.4, -0.2) is 40.0 Å². The molecule has 1 aromatic carbocycles. The molecule has 112 valence electrons. The second kappa shape index (κ2) is 6.64. The van der Waals surface area contributed by atoms with Crippen molar-refractivity contribution >= 4 is 10.2 Å². The molecule has 0 aromatic heterocycles. The third-order valence-corrected chi connectivity index (χ3v) is 4.89. The van der Waals surface area contributed by atoms with E-state index in [1.165, 1.54) is 22.5 Å². The highest BCUT2D eigenvalue weighted by molar-refractivity contribution is 7.87. The summed E-state index contributed by atoms with van der Waals surface area (Å²) in [5.74, 6) is 0. The summed E-state index contributed by atoms with van der Waals surface area (Å²) in [6, 6.07) is 6.06. The van der Waals surface area contributed by atoms with Gasteiger partial charge in [0.25, 0.3) is 10.2 Å². The number of fused-ring (bicyclic) bond motifs is 1. The quantitative estimate of drug-likeness (QED) is 0.755. The number of hydrogen-bond acceptors (Lipinski definition) is 4. The van der Waals surface area contributed by atoms with E-state index in [2.05, 4.69) is 10.0 Å². The first-order valence-electron chi connectivity index (χ1n) is 6.54. The predicted molar refractivity (Wildman–Crippen MR) is 77.3 cm³/mol. The lowest BCUT2D eigenvalue weighted by atomic mass is 10.1. The van der Waals surface area contributed by atoms with Crippen molar-refractivity contribution in [2.75, 3.05) is 27.3 Å². The first-order chi connectivity index (χ1) is 9.53. The minimum atomic E-state index is -3.46. The fourth-order valence-corrected chi connectivity index (χ4v) is 2.97. The number of nitrogens with one attached hydrogen (secondary N) is 2. The summed E-state index contributed by atoms with van der Waals surface area (Å²) in [6.45, 7) is 2.75. The molecular weight excluding hydrogens is 278 g/mol. The third kappa shape index (κ3) is 3.77. The molecular formula is C13H21N3O3S. The third-order valence-electron chi connectivity index (χ3n) is 3.38. The standard InChI is InChI=1S/C13H21N3O3S/c1-16(5-6-19-2)20(17,18)15-8-11-3-4-12-9-14-10-13(12)7-11/h3-4,7,14-15H,5-6,8-10H2,1-2H3. The molecule has 6 nitrogen and oxygen atoms in total. The maximum Gasteiger partial charge on any atom is 0.279 e. The van der Waals surface area contributed by atoms with Crippen LogP contribution in [0.3, 0.4) is 0 Å². The average Bonchev–Trinajstić information content (AvgIpc) is 2.90. The van der Waals surface area contributed by atoms with E-state index in [0.717, 1.165) is 18.7 Å². The second-order valence-corrected chi connectivity index (χ2v) is 6.71. The number of nitrogens with zero attached hydrogens (tertiary/aromatic N) is 1. The van der Waals surface area contributed by atoms with Crippen LogP contribution in [0, 0.1) is 0 Å². The van der Waals surface area contributed by atoms with Crippen LogP contribution in [0.15, 0.2) is 18.2 Å².